The van der Waals surface area contributed by atoms with Crippen LogP contribution in [0.2, 0.25) is 0 Å². The summed E-state index contributed by atoms with van der Waals surface area (Å²) in [6.07, 6.45) is 8.67. The van der Waals surface area contributed by atoms with E-state index in [4.69, 9.17) is 0 Å². The lowest BCUT2D eigenvalue weighted by Crippen LogP contribution is -2.42. The molecule has 0 amide bonds. The van der Waals surface area contributed by atoms with Gasteiger partial charge in [0.25, 0.3) is 0 Å². The van der Waals surface area contributed by atoms with E-state index in [1.807, 2.05) is 0 Å². The molecule has 2 atom stereocenters. The van der Waals surface area contributed by atoms with E-state index in [9.17, 15) is 0 Å². The van der Waals surface area contributed by atoms with Crippen LogP contribution in [0.5, 0.6) is 0 Å². The van der Waals surface area contributed by atoms with Gasteiger partial charge in [-0.3, -0.25) is 0 Å². The molecule has 1 nitrogen and oxygen atoms in total. The van der Waals surface area contributed by atoms with E-state index >= 15 is 0 Å². The highest BCUT2D eigenvalue weighted by Crippen LogP contribution is 2.37. The zero-order chi connectivity index (χ0) is 9.42. The summed E-state index contributed by atoms with van der Waals surface area (Å²) in [5.41, 5.74) is 1.21. The fourth-order valence-electron chi connectivity index (χ4n) is 2.79. The van der Waals surface area contributed by atoms with Crippen LogP contribution in [0.3, 0.4) is 0 Å². The van der Waals surface area contributed by atoms with Crippen LogP contribution in [0, 0.1) is 5.92 Å². The zero-order valence-electron chi connectivity index (χ0n) is 8.66. The molecule has 2 unspecified atom stereocenters. The van der Waals surface area contributed by atoms with Crippen LogP contribution in [-0.4, -0.2) is 17.0 Å². The molecule has 0 aromatic carbocycles. The van der Waals surface area contributed by atoms with E-state index in [1.54, 1.807) is 0 Å². The maximum absolute atomic E-state index is 4.12. The molecule has 2 aliphatic rings. The van der Waals surface area contributed by atoms with Crippen molar-refractivity contribution in [3.63, 3.8) is 0 Å². The number of fused-ring (bicyclic) bond motifs is 1. The molecule has 0 spiro atoms. The summed E-state index contributed by atoms with van der Waals surface area (Å²) in [4.78, 5) is 2.50. The molecule has 1 saturated carbocycles. The van der Waals surface area contributed by atoms with Gasteiger partial charge in [0, 0.05) is 17.8 Å². The molecule has 1 aliphatic heterocycles. The number of rotatable bonds is 1. The highest BCUT2D eigenvalue weighted by molar-refractivity contribution is 5.23. The van der Waals surface area contributed by atoms with E-state index in [0.29, 0.717) is 6.04 Å². The number of hydrogen-bond donors (Lipinski definition) is 0. The largest absolute Gasteiger partial charge is 0.366 e. The number of allylic oxidation sites excluding steroid dienone is 1. The lowest BCUT2D eigenvalue weighted by Gasteiger charge is -2.40. The molecular formula is C12H19N. The molecule has 1 aliphatic carbocycles. The highest BCUT2D eigenvalue weighted by Gasteiger charge is 2.34. The first-order chi connectivity index (χ1) is 6.20. The molecule has 1 fully saturated rings. The van der Waals surface area contributed by atoms with E-state index in [1.165, 1.54) is 25.0 Å². The molecule has 1 heterocycles. The van der Waals surface area contributed by atoms with Gasteiger partial charge in [-0.15, -0.1) is 0 Å². The standard InChI is InChI=1S/C12H19N/c1-9(2)13-10(3)7-8-11-5-4-6-12(11)13/h7-9,11-12H,3-6H2,1-2H3. The van der Waals surface area contributed by atoms with Gasteiger partial charge in [0.2, 0.25) is 0 Å². The van der Waals surface area contributed by atoms with Crippen molar-refractivity contribution in [2.24, 2.45) is 5.92 Å². The van der Waals surface area contributed by atoms with Gasteiger partial charge >= 0.3 is 0 Å². The molecule has 0 saturated heterocycles. The van der Waals surface area contributed by atoms with Gasteiger partial charge in [-0.05, 0) is 38.7 Å². The van der Waals surface area contributed by atoms with Gasteiger partial charge in [-0.25, -0.2) is 0 Å². The average Bonchev–Trinajstić information content (AvgIpc) is 2.50. The third kappa shape index (κ3) is 1.41. The van der Waals surface area contributed by atoms with Gasteiger partial charge in [-0.1, -0.05) is 19.1 Å². The summed E-state index contributed by atoms with van der Waals surface area (Å²) in [7, 11) is 0. The topological polar surface area (TPSA) is 3.24 Å². The van der Waals surface area contributed by atoms with Crippen molar-refractivity contribution in [3.8, 4) is 0 Å². The highest BCUT2D eigenvalue weighted by atomic mass is 15.2. The Balaban J connectivity index is 2.24. The molecule has 0 N–H and O–H groups in total. The molecule has 13 heavy (non-hydrogen) atoms. The van der Waals surface area contributed by atoms with Crippen LogP contribution in [0.4, 0.5) is 0 Å². The third-order valence-corrected chi connectivity index (χ3v) is 3.31. The molecular weight excluding hydrogens is 158 g/mol. The second-order valence-electron chi connectivity index (χ2n) is 4.51. The van der Waals surface area contributed by atoms with Crippen LogP contribution in [0.15, 0.2) is 24.4 Å². The normalized spacial score (nSPS) is 32.8. The summed E-state index contributed by atoms with van der Waals surface area (Å²) in [6.45, 7) is 8.64. The Hall–Kier alpha value is -0.720. The summed E-state index contributed by atoms with van der Waals surface area (Å²) in [5, 5.41) is 0. The molecule has 72 valence electrons. The molecule has 0 bridgehead atoms. The first-order valence-corrected chi connectivity index (χ1v) is 5.35. The predicted octanol–water partition coefficient (Wildman–Crippen LogP) is 2.95. The Labute approximate surface area is 81.1 Å². The summed E-state index contributed by atoms with van der Waals surface area (Å²) in [5.74, 6) is 0.799. The van der Waals surface area contributed by atoms with Gasteiger partial charge in [0.1, 0.15) is 0 Å². The summed E-state index contributed by atoms with van der Waals surface area (Å²) < 4.78 is 0. The van der Waals surface area contributed by atoms with Crippen molar-refractivity contribution >= 4 is 0 Å². The molecule has 0 radical (unpaired) electrons. The van der Waals surface area contributed by atoms with Gasteiger partial charge in [0.05, 0.1) is 0 Å². The quantitative estimate of drug-likeness (QED) is 0.595. The van der Waals surface area contributed by atoms with Crippen LogP contribution < -0.4 is 0 Å². The Morgan fingerprint density at radius 1 is 1.46 bits per heavy atom. The molecule has 0 aromatic rings. The van der Waals surface area contributed by atoms with Crippen molar-refractivity contribution in [2.75, 3.05) is 0 Å². The minimum Gasteiger partial charge on any atom is -0.366 e. The summed E-state index contributed by atoms with van der Waals surface area (Å²) >= 11 is 0. The second kappa shape index (κ2) is 3.21. The van der Waals surface area contributed by atoms with Crippen molar-refractivity contribution in [1.82, 2.24) is 4.90 Å². The minimum absolute atomic E-state index is 0.600. The van der Waals surface area contributed by atoms with Crippen LogP contribution in [0.25, 0.3) is 0 Å². The maximum atomic E-state index is 4.12. The van der Waals surface area contributed by atoms with Crippen molar-refractivity contribution in [3.05, 3.63) is 24.4 Å². The first-order valence-electron chi connectivity index (χ1n) is 5.35. The summed E-state index contributed by atoms with van der Waals surface area (Å²) in [6, 6.07) is 1.35. The van der Waals surface area contributed by atoms with E-state index in [2.05, 4.69) is 37.5 Å². The molecule has 2 rings (SSSR count). The second-order valence-corrected chi connectivity index (χ2v) is 4.51. The lowest BCUT2D eigenvalue weighted by atomic mass is 9.95. The maximum Gasteiger partial charge on any atom is 0.0355 e. The van der Waals surface area contributed by atoms with Gasteiger partial charge in [-0.2, -0.15) is 0 Å². The van der Waals surface area contributed by atoms with E-state index in [-0.39, 0.29) is 0 Å². The predicted molar refractivity (Wildman–Crippen MR) is 56.4 cm³/mol. The van der Waals surface area contributed by atoms with E-state index < -0.39 is 0 Å². The minimum atomic E-state index is 0.600. The van der Waals surface area contributed by atoms with Crippen molar-refractivity contribution in [2.45, 2.75) is 45.2 Å². The van der Waals surface area contributed by atoms with Gasteiger partial charge in [0.15, 0.2) is 0 Å². The monoisotopic (exact) mass is 177 g/mol. The molecule has 1 heteroatoms. The van der Waals surface area contributed by atoms with E-state index in [0.717, 1.165) is 12.0 Å². The Morgan fingerprint density at radius 3 is 2.92 bits per heavy atom. The SMILES string of the molecule is C=C1C=CC2CCCC2N1C(C)C. The Kier molecular flexibility index (Phi) is 2.19. The molecule has 0 aromatic heterocycles. The first kappa shape index (κ1) is 8.86. The lowest BCUT2D eigenvalue weighted by molar-refractivity contribution is 0.183. The van der Waals surface area contributed by atoms with Crippen LogP contribution in [0.1, 0.15) is 33.1 Å². The van der Waals surface area contributed by atoms with Crippen molar-refractivity contribution < 1.29 is 0 Å². The number of hydrogen-bond acceptors (Lipinski definition) is 1. The number of nitrogens with zero attached hydrogens (tertiary/aromatic N) is 1. The zero-order valence-corrected chi connectivity index (χ0v) is 8.66. The van der Waals surface area contributed by atoms with Crippen LogP contribution >= 0.6 is 0 Å². The Bertz CT molecular complexity index is 240. The smallest absolute Gasteiger partial charge is 0.0355 e. The van der Waals surface area contributed by atoms with Crippen LogP contribution in [-0.2, 0) is 0 Å². The fourth-order valence-corrected chi connectivity index (χ4v) is 2.79. The fraction of sp³-hybridized carbons (Fsp3) is 0.667. The van der Waals surface area contributed by atoms with Gasteiger partial charge < -0.3 is 4.90 Å². The Morgan fingerprint density at radius 2 is 2.23 bits per heavy atom. The van der Waals surface area contributed by atoms with Crippen molar-refractivity contribution in [1.29, 1.82) is 0 Å². The average molecular weight is 177 g/mol. The third-order valence-electron chi connectivity index (χ3n) is 3.31.